The van der Waals surface area contributed by atoms with Gasteiger partial charge in [0.2, 0.25) is 11.8 Å². The third-order valence-electron chi connectivity index (χ3n) is 6.17. The van der Waals surface area contributed by atoms with Crippen LogP contribution in [0.15, 0.2) is 6.33 Å². The number of ether oxygens (including phenoxy) is 2. The molecular formula is C20H35N5O4Si. The number of nitrogens with zero attached hydrogens (tertiary/aromatic N) is 4. The Morgan fingerprint density at radius 2 is 2.00 bits per heavy atom. The molecule has 1 fully saturated rings. The number of aliphatic hydroxyl groups excluding tert-OH is 1. The van der Waals surface area contributed by atoms with Gasteiger partial charge in [0.25, 0.3) is 0 Å². The number of fused-ring (bicyclic) bond motifs is 1. The van der Waals surface area contributed by atoms with Gasteiger partial charge in [-0.25, -0.2) is 4.98 Å². The molecule has 0 unspecified atom stereocenters. The molecule has 10 heteroatoms. The van der Waals surface area contributed by atoms with Crippen LogP contribution in [0.1, 0.15) is 52.0 Å². The van der Waals surface area contributed by atoms with E-state index in [0.717, 1.165) is 42.3 Å². The van der Waals surface area contributed by atoms with E-state index in [9.17, 15) is 10.2 Å². The van der Waals surface area contributed by atoms with Crippen molar-refractivity contribution in [2.45, 2.75) is 63.1 Å². The van der Waals surface area contributed by atoms with Crippen LogP contribution in [0.5, 0.6) is 5.88 Å². The van der Waals surface area contributed by atoms with Crippen LogP contribution in [0.2, 0.25) is 5.54 Å². The molecule has 0 aromatic carbocycles. The molecular weight excluding hydrogens is 402 g/mol. The number of nitrogen functional groups attached to an aromatic ring is 1. The zero-order chi connectivity index (χ0) is 21.7. The summed E-state index contributed by atoms with van der Waals surface area (Å²) >= 11 is 0. The Labute approximate surface area is 180 Å². The molecule has 0 amide bonds. The Bertz CT molecular complexity index is 835. The molecule has 2 aromatic heterocycles. The van der Waals surface area contributed by atoms with E-state index in [2.05, 4.69) is 28.8 Å². The predicted octanol–water partition coefficient (Wildman–Crippen LogP) is 0.842. The largest absolute Gasteiger partial charge is 0.476 e. The topological polar surface area (TPSA) is 129 Å². The summed E-state index contributed by atoms with van der Waals surface area (Å²) in [7, 11) is 0.891. The van der Waals surface area contributed by atoms with Gasteiger partial charge in [0.05, 0.1) is 32.2 Å². The summed E-state index contributed by atoms with van der Waals surface area (Å²) in [6.07, 6.45) is 6.33. The number of nitrogens with two attached hydrogens (primary N) is 1. The number of unbranched alkanes of at least 4 members (excludes halogenated alkanes) is 2. The lowest BCUT2D eigenvalue weighted by molar-refractivity contribution is -0.0916. The van der Waals surface area contributed by atoms with E-state index < -0.39 is 5.60 Å². The highest BCUT2D eigenvalue weighted by atomic mass is 28.1. The van der Waals surface area contributed by atoms with Crippen molar-refractivity contribution in [1.29, 1.82) is 0 Å². The molecule has 2 heterocycles. The van der Waals surface area contributed by atoms with Crippen LogP contribution in [0.25, 0.3) is 11.2 Å². The number of imidazole rings is 1. The van der Waals surface area contributed by atoms with Crippen LogP contribution in [0.4, 0.5) is 5.95 Å². The van der Waals surface area contributed by atoms with E-state index in [-0.39, 0.29) is 24.5 Å². The van der Waals surface area contributed by atoms with Gasteiger partial charge in [-0.3, -0.25) is 0 Å². The van der Waals surface area contributed by atoms with Crippen molar-refractivity contribution in [2.75, 3.05) is 32.2 Å². The zero-order valence-electron chi connectivity index (χ0n) is 18.3. The predicted molar refractivity (Wildman–Crippen MR) is 119 cm³/mol. The van der Waals surface area contributed by atoms with Gasteiger partial charge in [-0.05, 0) is 24.8 Å². The van der Waals surface area contributed by atoms with Gasteiger partial charge in [-0.15, -0.1) is 0 Å². The van der Waals surface area contributed by atoms with Crippen LogP contribution in [0, 0.1) is 5.92 Å². The van der Waals surface area contributed by atoms with Crippen molar-refractivity contribution in [1.82, 2.24) is 19.5 Å². The number of aliphatic hydroxyl groups is 2. The van der Waals surface area contributed by atoms with Crippen LogP contribution >= 0.6 is 0 Å². The number of hydrogen-bond acceptors (Lipinski definition) is 8. The van der Waals surface area contributed by atoms with Gasteiger partial charge in [-0.1, -0.05) is 26.7 Å². The molecule has 30 heavy (non-hydrogen) atoms. The summed E-state index contributed by atoms with van der Waals surface area (Å²) in [4.78, 5) is 13.0. The van der Waals surface area contributed by atoms with Crippen molar-refractivity contribution >= 4 is 27.4 Å². The van der Waals surface area contributed by atoms with Gasteiger partial charge in [0.15, 0.2) is 11.2 Å². The maximum absolute atomic E-state index is 11.5. The lowest BCUT2D eigenvalue weighted by Crippen LogP contribution is -2.46. The maximum atomic E-state index is 11.5. The number of hydrogen-bond donors (Lipinski definition) is 3. The molecule has 2 aromatic rings. The second-order valence-electron chi connectivity index (χ2n) is 8.33. The quantitative estimate of drug-likeness (QED) is 0.348. The first kappa shape index (κ1) is 22.9. The molecule has 0 bridgehead atoms. The molecule has 4 atom stereocenters. The van der Waals surface area contributed by atoms with Gasteiger partial charge in [0.1, 0.15) is 5.60 Å². The molecule has 1 aliphatic carbocycles. The van der Waals surface area contributed by atoms with Crippen molar-refractivity contribution in [2.24, 2.45) is 5.92 Å². The highest BCUT2D eigenvalue weighted by Crippen LogP contribution is 2.50. The molecule has 1 saturated carbocycles. The standard InChI is InChI=1S/C20H35N5O4Si/c1-3-5-7-28-10-13-14(30)9-15(20(13,27)11-26)25-12-22-16-17(25)23-19(21)24-18(16)29-8-6-4-2/h12-15,26-27H,3-11H2,1-2,30H3,(H2,21,23,24)/t13-,14+,15+,20+/m1/s1. The maximum Gasteiger partial charge on any atom is 0.247 e. The summed E-state index contributed by atoms with van der Waals surface area (Å²) < 4.78 is 13.4. The molecule has 9 nitrogen and oxygen atoms in total. The van der Waals surface area contributed by atoms with Crippen molar-refractivity contribution in [3.05, 3.63) is 6.33 Å². The van der Waals surface area contributed by atoms with Crippen molar-refractivity contribution in [3.8, 4) is 5.88 Å². The monoisotopic (exact) mass is 437 g/mol. The SMILES string of the molecule is CCCCOC[C@@H]1[C@@H]([SiH3])C[C@H](n2cnc3c(OCCCC)nc(N)nc32)[C@]1(O)CO. The third kappa shape index (κ3) is 4.46. The number of aromatic nitrogens is 4. The van der Waals surface area contributed by atoms with Gasteiger partial charge < -0.3 is 30.0 Å². The smallest absolute Gasteiger partial charge is 0.247 e. The Balaban J connectivity index is 1.90. The summed E-state index contributed by atoms with van der Waals surface area (Å²) in [5.41, 5.74) is 5.96. The highest BCUT2D eigenvalue weighted by molar-refractivity contribution is 6.12. The lowest BCUT2D eigenvalue weighted by Gasteiger charge is -2.35. The molecule has 0 aliphatic heterocycles. The first-order valence-electron chi connectivity index (χ1n) is 11.0. The van der Waals surface area contributed by atoms with Gasteiger partial charge in [-0.2, -0.15) is 9.97 Å². The van der Waals surface area contributed by atoms with Gasteiger partial charge in [0, 0.05) is 22.8 Å². The van der Waals surface area contributed by atoms with Crippen molar-refractivity contribution in [3.63, 3.8) is 0 Å². The molecule has 168 valence electrons. The fourth-order valence-corrected chi connectivity index (χ4v) is 5.57. The van der Waals surface area contributed by atoms with E-state index in [4.69, 9.17) is 15.2 Å². The average molecular weight is 438 g/mol. The van der Waals surface area contributed by atoms with E-state index in [1.54, 1.807) is 6.33 Å². The summed E-state index contributed by atoms with van der Waals surface area (Å²) in [6.45, 7) is 5.49. The highest BCUT2D eigenvalue weighted by Gasteiger charge is 2.53. The Morgan fingerprint density at radius 3 is 2.70 bits per heavy atom. The summed E-state index contributed by atoms with van der Waals surface area (Å²) in [5, 5.41) is 21.7. The molecule has 1 aliphatic rings. The first-order chi connectivity index (χ1) is 14.5. The minimum absolute atomic E-state index is 0.100. The second kappa shape index (κ2) is 10.0. The fraction of sp³-hybridized carbons (Fsp3) is 0.750. The Morgan fingerprint density at radius 1 is 1.27 bits per heavy atom. The third-order valence-corrected chi connectivity index (χ3v) is 7.45. The average Bonchev–Trinajstić information content (AvgIpc) is 3.24. The first-order valence-corrected chi connectivity index (χ1v) is 12.2. The minimum Gasteiger partial charge on any atom is -0.476 e. The number of anilines is 1. The molecule has 0 spiro atoms. The van der Waals surface area contributed by atoms with E-state index in [1.165, 1.54) is 0 Å². The zero-order valence-corrected chi connectivity index (χ0v) is 20.3. The van der Waals surface area contributed by atoms with Crippen LogP contribution < -0.4 is 10.5 Å². The molecule has 0 radical (unpaired) electrons. The van der Waals surface area contributed by atoms with Crippen LogP contribution in [-0.2, 0) is 4.74 Å². The van der Waals surface area contributed by atoms with E-state index in [1.807, 2.05) is 4.57 Å². The van der Waals surface area contributed by atoms with Crippen molar-refractivity contribution < 1.29 is 19.7 Å². The minimum atomic E-state index is -1.31. The lowest BCUT2D eigenvalue weighted by atomic mass is 9.89. The van der Waals surface area contributed by atoms with Crippen LogP contribution in [-0.4, -0.2) is 72.0 Å². The normalized spacial score (nSPS) is 26.6. The molecule has 4 N–H and O–H groups in total. The van der Waals surface area contributed by atoms with E-state index >= 15 is 0 Å². The van der Waals surface area contributed by atoms with Gasteiger partial charge >= 0.3 is 0 Å². The fourth-order valence-electron chi connectivity index (χ4n) is 4.35. The molecule has 0 saturated heterocycles. The Hall–Kier alpha value is -1.75. The Kier molecular flexibility index (Phi) is 7.67. The summed E-state index contributed by atoms with van der Waals surface area (Å²) in [6, 6.07) is -0.368. The van der Waals surface area contributed by atoms with E-state index in [0.29, 0.717) is 42.4 Å². The number of rotatable bonds is 11. The summed E-state index contributed by atoms with van der Waals surface area (Å²) in [5.74, 6) is 0.327. The molecule has 3 rings (SSSR count). The second-order valence-corrected chi connectivity index (χ2v) is 9.81. The van der Waals surface area contributed by atoms with Crippen LogP contribution in [0.3, 0.4) is 0 Å².